The molecule has 0 aliphatic rings. The Bertz CT molecular complexity index is 696. The number of para-hydroxylation sites is 1. The van der Waals surface area contributed by atoms with Crippen molar-refractivity contribution in [1.82, 2.24) is 4.98 Å². The topological polar surface area (TPSA) is 122 Å². The lowest BCUT2D eigenvalue weighted by molar-refractivity contribution is -0.144. The van der Waals surface area contributed by atoms with E-state index in [1.165, 1.54) is 0 Å². The summed E-state index contributed by atoms with van der Waals surface area (Å²) in [6.45, 7) is 0.528. The van der Waals surface area contributed by atoms with E-state index < -0.39 is 17.9 Å². The predicted octanol–water partition coefficient (Wildman–Crippen LogP) is 1.83. The summed E-state index contributed by atoms with van der Waals surface area (Å²) >= 11 is 0. The quantitative estimate of drug-likeness (QED) is 0.495. The molecule has 0 aliphatic carbocycles. The monoisotopic (exact) mass is 331 g/mol. The van der Waals surface area contributed by atoms with Crippen LogP contribution in [0.1, 0.15) is 31.2 Å². The molecule has 0 saturated carbocycles. The van der Waals surface area contributed by atoms with Crippen molar-refractivity contribution in [2.75, 3.05) is 6.54 Å². The van der Waals surface area contributed by atoms with E-state index in [0.29, 0.717) is 25.8 Å². The third-order valence-corrected chi connectivity index (χ3v) is 4.33. The fourth-order valence-electron chi connectivity index (χ4n) is 2.89. The molecule has 1 aromatic carbocycles. The number of benzene rings is 1. The summed E-state index contributed by atoms with van der Waals surface area (Å²) in [6.07, 6.45) is 4.16. The summed E-state index contributed by atoms with van der Waals surface area (Å²) in [4.78, 5) is 26.8. The highest BCUT2D eigenvalue weighted by Crippen LogP contribution is 2.20. The number of rotatable bonds is 10. The maximum Gasteiger partial charge on any atom is 0.306 e. The Hall–Kier alpha value is -2.18. The number of aliphatic carboxylic acids is 1. The lowest BCUT2D eigenvalue weighted by atomic mass is 9.92. The summed E-state index contributed by atoms with van der Waals surface area (Å²) < 4.78 is 0. The molecule has 2 aromatic rings. The third-order valence-electron chi connectivity index (χ3n) is 4.33. The summed E-state index contributed by atoms with van der Waals surface area (Å²) in [6, 6.07) is 7.12. The number of carboxylic acids is 1. The molecule has 0 bridgehead atoms. The highest BCUT2D eigenvalue weighted by Gasteiger charge is 2.24. The SMILES string of the molecule is NCCCCC(CC(=O)C(N)Cc1c[nH]c2ccccc12)C(=O)O. The number of carbonyl (C=O) groups excluding carboxylic acids is 1. The van der Waals surface area contributed by atoms with Gasteiger partial charge in [0.25, 0.3) is 0 Å². The number of hydrogen-bond donors (Lipinski definition) is 4. The molecule has 6 N–H and O–H groups in total. The molecule has 0 spiro atoms. The number of ketones is 1. The minimum absolute atomic E-state index is 0.0244. The molecule has 2 rings (SSSR count). The molecule has 0 aliphatic heterocycles. The molecular weight excluding hydrogens is 306 g/mol. The Morgan fingerprint density at radius 1 is 1.21 bits per heavy atom. The van der Waals surface area contributed by atoms with Crippen molar-refractivity contribution in [3.8, 4) is 0 Å². The third kappa shape index (κ3) is 4.66. The van der Waals surface area contributed by atoms with Crippen molar-refractivity contribution in [2.45, 2.75) is 38.1 Å². The second-order valence-electron chi connectivity index (χ2n) is 6.16. The number of unbranched alkanes of at least 4 members (excludes halogenated alkanes) is 1. The van der Waals surface area contributed by atoms with Gasteiger partial charge in [-0.3, -0.25) is 9.59 Å². The molecule has 1 aromatic heterocycles. The molecular formula is C18H25N3O3. The standard InChI is InChI=1S/C18H25N3O3/c19-8-4-3-5-12(18(23)24)10-17(22)15(20)9-13-11-21-16-7-2-1-6-14(13)16/h1-2,6-7,11-12,15,21H,3-5,8-10,19-20H2,(H,23,24). The minimum atomic E-state index is -0.945. The van der Waals surface area contributed by atoms with Crippen LogP contribution in [0.15, 0.2) is 30.5 Å². The van der Waals surface area contributed by atoms with Crippen molar-refractivity contribution < 1.29 is 14.7 Å². The van der Waals surface area contributed by atoms with Gasteiger partial charge in [-0.25, -0.2) is 0 Å². The van der Waals surface area contributed by atoms with E-state index in [9.17, 15) is 14.7 Å². The minimum Gasteiger partial charge on any atom is -0.481 e. The van der Waals surface area contributed by atoms with Crippen LogP contribution in [0.4, 0.5) is 0 Å². The predicted molar refractivity (Wildman–Crippen MR) is 93.6 cm³/mol. The van der Waals surface area contributed by atoms with Crippen LogP contribution in [0.3, 0.4) is 0 Å². The van der Waals surface area contributed by atoms with Gasteiger partial charge in [-0.05, 0) is 37.4 Å². The zero-order valence-corrected chi connectivity index (χ0v) is 13.7. The molecule has 6 nitrogen and oxygen atoms in total. The lowest BCUT2D eigenvalue weighted by Gasteiger charge is -2.15. The highest BCUT2D eigenvalue weighted by molar-refractivity contribution is 5.89. The van der Waals surface area contributed by atoms with Crippen LogP contribution >= 0.6 is 0 Å². The fourth-order valence-corrected chi connectivity index (χ4v) is 2.89. The number of nitrogens with two attached hydrogens (primary N) is 2. The van der Waals surface area contributed by atoms with Gasteiger partial charge in [0.05, 0.1) is 12.0 Å². The number of aromatic nitrogens is 1. The number of carboxylic acid groups (broad SMARTS) is 1. The van der Waals surface area contributed by atoms with Crippen LogP contribution in [0.25, 0.3) is 10.9 Å². The largest absolute Gasteiger partial charge is 0.481 e. The van der Waals surface area contributed by atoms with E-state index in [0.717, 1.165) is 22.9 Å². The first-order chi connectivity index (χ1) is 11.5. The first kappa shape index (κ1) is 18.2. The maximum atomic E-state index is 12.3. The zero-order chi connectivity index (χ0) is 17.5. The van der Waals surface area contributed by atoms with Gasteiger partial charge in [-0.15, -0.1) is 0 Å². The molecule has 0 radical (unpaired) electrons. The number of aromatic amines is 1. The average Bonchev–Trinajstić information content (AvgIpc) is 2.97. The second kappa shape index (κ2) is 8.61. The molecule has 2 unspecified atom stereocenters. The Morgan fingerprint density at radius 3 is 2.67 bits per heavy atom. The van der Waals surface area contributed by atoms with Gasteiger partial charge in [-0.1, -0.05) is 24.6 Å². The van der Waals surface area contributed by atoms with Crippen molar-refractivity contribution in [3.05, 3.63) is 36.0 Å². The van der Waals surface area contributed by atoms with E-state index in [1.807, 2.05) is 30.5 Å². The van der Waals surface area contributed by atoms with E-state index in [4.69, 9.17) is 11.5 Å². The van der Waals surface area contributed by atoms with Gasteiger partial charge < -0.3 is 21.6 Å². The molecule has 0 amide bonds. The van der Waals surface area contributed by atoms with Crippen LogP contribution in [-0.2, 0) is 16.0 Å². The van der Waals surface area contributed by atoms with E-state index >= 15 is 0 Å². The van der Waals surface area contributed by atoms with Crippen molar-refractivity contribution in [2.24, 2.45) is 17.4 Å². The van der Waals surface area contributed by atoms with Gasteiger partial charge in [0.15, 0.2) is 5.78 Å². The molecule has 24 heavy (non-hydrogen) atoms. The van der Waals surface area contributed by atoms with E-state index in [-0.39, 0.29) is 12.2 Å². The molecule has 6 heteroatoms. The number of carbonyl (C=O) groups is 2. The number of H-pyrrole nitrogens is 1. The molecule has 130 valence electrons. The van der Waals surface area contributed by atoms with E-state index in [1.54, 1.807) is 0 Å². The van der Waals surface area contributed by atoms with Gasteiger partial charge >= 0.3 is 5.97 Å². The Kier molecular flexibility index (Phi) is 6.52. The summed E-state index contributed by atoms with van der Waals surface area (Å²) in [5.41, 5.74) is 13.4. The van der Waals surface area contributed by atoms with Crippen LogP contribution in [0, 0.1) is 5.92 Å². The smallest absolute Gasteiger partial charge is 0.306 e. The lowest BCUT2D eigenvalue weighted by Crippen LogP contribution is -2.35. The van der Waals surface area contributed by atoms with Crippen molar-refractivity contribution >= 4 is 22.7 Å². The van der Waals surface area contributed by atoms with Crippen LogP contribution < -0.4 is 11.5 Å². The van der Waals surface area contributed by atoms with Crippen molar-refractivity contribution in [1.29, 1.82) is 0 Å². The number of Topliss-reactive ketones (excluding diaryl/α,β-unsaturated/α-hetero) is 1. The van der Waals surface area contributed by atoms with Gasteiger partial charge in [0.1, 0.15) is 0 Å². The van der Waals surface area contributed by atoms with Crippen LogP contribution in [-0.4, -0.2) is 34.4 Å². The Labute approximate surface area is 141 Å². The summed E-state index contributed by atoms with van der Waals surface area (Å²) in [5.74, 6) is -1.84. The van der Waals surface area contributed by atoms with Crippen LogP contribution in [0.5, 0.6) is 0 Å². The average molecular weight is 331 g/mol. The molecule has 0 saturated heterocycles. The molecule has 1 heterocycles. The number of hydrogen-bond acceptors (Lipinski definition) is 4. The Balaban J connectivity index is 1.96. The van der Waals surface area contributed by atoms with Gasteiger partial charge in [0, 0.05) is 23.5 Å². The fraction of sp³-hybridized carbons (Fsp3) is 0.444. The second-order valence-corrected chi connectivity index (χ2v) is 6.16. The first-order valence-electron chi connectivity index (χ1n) is 8.29. The van der Waals surface area contributed by atoms with E-state index in [2.05, 4.69) is 4.98 Å². The summed E-state index contributed by atoms with van der Waals surface area (Å²) in [7, 11) is 0. The molecule has 2 atom stereocenters. The van der Waals surface area contributed by atoms with Gasteiger partial charge in [0.2, 0.25) is 0 Å². The summed E-state index contributed by atoms with van der Waals surface area (Å²) in [5, 5.41) is 10.3. The normalized spacial score (nSPS) is 13.8. The van der Waals surface area contributed by atoms with Crippen LogP contribution in [0.2, 0.25) is 0 Å². The Morgan fingerprint density at radius 2 is 1.96 bits per heavy atom. The maximum absolute atomic E-state index is 12.3. The highest BCUT2D eigenvalue weighted by atomic mass is 16.4. The van der Waals surface area contributed by atoms with Crippen molar-refractivity contribution in [3.63, 3.8) is 0 Å². The number of fused-ring (bicyclic) bond motifs is 1. The molecule has 0 fully saturated rings. The first-order valence-corrected chi connectivity index (χ1v) is 8.29. The zero-order valence-electron chi connectivity index (χ0n) is 13.7. The van der Waals surface area contributed by atoms with Gasteiger partial charge in [-0.2, -0.15) is 0 Å². The number of nitrogens with one attached hydrogen (secondary N) is 1.